The Morgan fingerprint density at radius 3 is 2.55 bits per heavy atom. The Labute approximate surface area is 117 Å². The van der Waals surface area contributed by atoms with Gasteiger partial charge < -0.3 is 10.5 Å². The van der Waals surface area contributed by atoms with Gasteiger partial charge in [-0.3, -0.25) is 10.3 Å². The van der Waals surface area contributed by atoms with Crippen LogP contribution in [0.5, 0.6) is 0 Å². The van der Waals surface area contributed by atoms with Gasteiger partial charge in [-0.1, -0.05) is 0 Å². The van der Waals surface area contributed by atoms with Crippen molar-refractivity contribution in [3.63, 3.8) is 0 Å². The Hall–Kier alpha value is -2.56. The first-order valence-corrected chi connectivity index (χ1v) is 6.42. The minimum atomic E-state index is -0.454. The molecule has 3 N–H and O–H groups in total. The average Bonchev–Trinajstić information content (AvgIpc) is 2.47. The van der Waals surface area contributed by atoms with Gasteiger partial charge in [-0.2, -0.15) is 0 Å². The highest BCUT2D eigenvalue weighted by atomic mass is 16.5. The number of nitrogen functional groups attached to an aromatic ring is 1. The van der Waals surface area contributed by atoms with E-state index < -0.39 is 6.09 Å². The first kappa shape index (κ1) is 13.9. The molecule has 1 aromatic heterocycles. The smallest absolute Gasteiger partial charge is 0.411 e. The van der Waals surface area contributed by atoms with Gasteiger partial charge in [0.25, 0.3) is 0 Å². The number of ether oxygens (including phenoxy) is 1. The second-order valence-corrected chi connectivity index (χ2v) is 4.34. The molecule has 104 valence electrons. The molecule has 0 unspecified atom stereocenters. The number of nitrogens with two attached hydrogens (primary N) is 1. The Morgan fingerprint density at radius 2 is 1.85 bits per heavy atom. The van der Waals surface area contributed by atoms with E-state index in [1.165, 1.54) is 5.56 Å². The highest BCUT2D eigenvalue weighted by Gasteiger charge is 2.02. The zero-order chi connectivity index (χ0) is 14.2. The minimum absolute atomic E-state index is 0.378. The van der Waals surface area contributed by atoms with E-state index in [-0.39, 0.29) is 0 Å². The van der Waals surface area contributed by atoms with E-state index in [0.717, 1.165) is 12.8 Å². The number of aromatic nitrogens is 1. The molecule has 1 heterocycles. The van der Waals surface area contributed by atoms with Gasteiger partial charge in [0.2, 0.25) is 0 Å². The third-order valence-electron chi connectivity index (χ3n) is 2.75. The van der Waals surface area contributed by atoms with Gasteiger partial charge in [0.15, 0.2) is 0 Å². The number of nitrogens with zero attached hydrogens (tertiary/aromatic N) is 1. The standard InChI is InChI=1S/C15H17N3O2/c16-13-3-5-14(6-4-13)18-15(19)20-11-1-2-12-7-9-17-10-8-12/h3-10H,1-2,11,16H2,(H,18,19). The Kier molecular flexibility index (Phi) is 4.94. The molecule has 0 atom stereocenters. The number of benzene rings is 1. The summed E-state index contributed by atoms with van der Waals surface area (Å²) < 4.78 is 5.10. The molecule has 0 aliphatic carbocycles. The van der Waals surface area contributed by atoms with Crippen molar-refractivity contribution < 1.29 is 9.53 Å². The van der Waals surface area contributed by atoms with Crippen molar-refractivity contribution in [3.8, 4) is 0 Å². The fraction of sp³-hybridized carbons (Fsp3) is 0.200. The number of aryl methyl sites for hydroxylation is 1. The van der Waals surface area contributed by atoms with Gasteiger partial charge in [-0.15, -0.1) is 0 Å². The summed E-state index contributed by atoms with van der Waals surface area (Å²) in [6.45, 7) is 0.378. The molecule has 1 amide bonds. The van der Waals surface area contributed by atoms with Crippen LogP contribution in [-0.4, -0.2) is 17.7 Å². The Balaban J connectivity index is 1.66. The van der Waals surface area contributed by atoms with E-state index in [4.69, 9.17) is 10.5 Å². The predicted octanol–water partition coefficient (Wildman–Crippen LogP) is 2.85. The van der Waals surface area contributed by atoms with Crippen LogP contribution in [0.15, 0.2) is 48.8 Å². The number of rotatable bonds is 5. The van der Waals surface area contributed by atoms with Crippen LogP contribution in [0.1, 0.15) is 12.0 Å². The number of hydrogen-bond donors (Lipinski definition) is 2. The van der Waals surface area contributed by atoms with Crippen molar-refractivity contribution in [2.24, 2.45) is 0 Å². The molecule has 5 nitrogen and oxygen atoms in total. The van der Waals surface area contributed by atoms with Crippen LogP contribution >= 0.6 is 0 Å². The predicted molar refractivity (Wildman–Crippen MR) is 78.4 cm³/mol. The number of carbonyl (C=O) groups is 1. The highest BCUT2D eigenvalue weighted by Crippen LogP contribution is 2.10. The van der Waals surface area contributed by atoms with E-state index in [1.54, 1.807) is 36.7 Å². The fourth-order valence-electron chi connectivity index (χ4n) is 1.71. The molecule has 0 aliphatic heterocycles. The van der Waals surface area contributed by atoms with E-state index >= 15 is 0 Å². The summed E-state index contributed by atoms with van der Waals surface area (Å²) in [5.74, 6) is 0. The largest absolute Gasteiger partial charge is 0.449 e. The van der Waals surface area contributed by atoms with Crippen LogP contribution in [0.25, 0.3) is 0 Å². The SMILES string of the molecule is Nc1ccc(NC(=O)OCCCc2ccncc2)cc1. The number of amides is 1. The lowest BCUT2D eigenvalue weighted by molar-refractivity contribution is 0.160. The lowest BCUT2D eigenvalue weighted by atomic mass is 10.1. The van der Waals surface area contributed by atoms with Crippen molar-refractivity contribution in [3.05, 3.63) is 54.4 Å². The quantitative estimate of drug-likeness (QED) is 0.647. The maximum Gasteiger partial charge on any atom is 0.411 e. The molecule has 0 aliphatic rings. The Bertz CT molecular complexity index is 541. The van der Waals surface area contributed by atoms with Crippen LogP contribution in [0.4, 0.5) is 16.2 Å². The number of nitrogens with one attached hydrogen (secondary N) is 1. The summed E-state index contributed by atoms with van der Waals surface area (Å²) in [5.41, 5.74) is 8.06. The molecular weight excluding hydrogens is 254 g/mol. The summed E-state index contributed by atoms with van der Waals surface area (Å²) in [4.78, 5) is 15.5. The molecule has 20 heavy (non-hydrogen) atoms. The molecule has 1 aromatic carbocycles. The number of pyridine rings is 1. The van der Waals surface area contributed by atoms with Crippen LogP contribution in [0.2, 0.25) is 0 Å². The molecule has 2 rings (SSSR count). The second kappa shape index (κ2) is 7.13. The molecule has 0 saturated carbocycles. The fourth-order valence-corrected chi connectivity index (χ4v) is 1.71. The summed E-state index contributed by atoms with van der Waals surface area (Å²) >= 11 is 0. The third kappa shape index (κ3) is 4.61. The summed E-state index contributed by atoms with van der Waals surface area (Å²) in [6.07, 6.45) is 4.69. The molecular formula is C15H17N3O2. The summed E-state index contributed by atoms with van der Waals surface area (Å²) in [6, 6.07) is 10.8. The second-order valence-electron chi connectivity index (χ2n) is 4.34. The van der Waals surface area contributed by atoms with E-state index in [0.29, 0.717) is 18.0 Å². The lowest BCUT2D eigenvalue weighted by Gasteiger charge is -2.07. The van der Waals surface area contributed by atoms with Gasteiger partial charge in [0, 0.05) is 23.8 Å². The first-order valence-electron chi connectivity index (χ1n) is 6.42. The van der Waals surface area contributed by atoms with Gasteiger partial charge in [0.1, 0.15) is 0 Å². The maximum absolute atomic E-state index is 11.5. The van der Waals surface area contributed by atoms with Gasteiger partial charge in [-0.05, 0) is 54.8 Å². The average molecular weight is 271 g/mol. The first-order chi connectivity index (χ1) is 9.74. The monoisotopic (exact) mass is 271 g/mol. The van der Waals surface area contributed by atoms with Gasteiger partial charge in [0.05, 0.1) is 6.61 Å². The number of anilines is 2. The van der Waals surface area contributed by atoms with Gasteiger partial charge in [-0.25, -0.2) is 4.79 Å². The van der Waals surface area contributed by atoms with Crippen molar-refractivity contribution >= 4 is 17.5 Å². The highest BCUT2D eigenvalue weighted by molar-refractivity contribution is 5.84. The molecule has 0 radical (unpaired) electrons. The Morgan fingerprint density at radius 1 is 1.15 bits per heavy atom. The van der Waals surface area contributed by atoms with Crippen molar-refractivity contribution in [1.29, 1.82) is 0 Å². The van der Waals surface area contributed by atoms with Crippen LogP contribution in [0, 0.1) is 0 Å². The van der Waals surface area contributed by atoms with Gasteiger partial charge >= 0.3 is 6.09 Å². The molecule has 0 saturated heterocycles. The lowest BCUT2D eigenvalue weighted by Crippen LogP contribution is -2.14. The van der Waals surface area contributed by atoms with Crippen LogP contribution in [0.3, 0.4) is 0 Å². The summed E-state index contributed by atoms with van der Waals surface area (Å²) in [5, 5.41) is 2.64. The van der Waals surface area contributed by atoms with Crippen LogP contribution < -0.4 is 11.1 Å². The maximum atomic E-state index is 11.5. The molecule has 5 heteroatoms. The number of carbonyl (C=O) groups excluding carboxylic acids is 1. The summed E-state index contributed by atoms with van der Waals surface area (Å²) in [7, 11) is 0. The topological polar surface area (TPSA) is 77.2 Å². The minimum Gasteiger partial charge on any atom is -0.449 e. The molecule has 0 bridgehead atoms. The molecule has 0 fully saturated rings. The van der Waals surface area contributed by atoms with Crippen molar-refractivity contribution in [1.82, 2.24) is 4.98 Å². The molecule has 0 spiro atoms. The molecule has 2 aromatic rings. The van der Waals surface area contributed by atoms with Crippen molar-refractivity contribution in [2.75, 3.05) is 17.7 Å². The third-order valence-corrected chi connectivity index (χ3v) is 2.75. The van der Waals surface area contributed by atoms with E-state index in [9.17, 15) is 4.79 Å². The van der Waals surface area contributed by atoms with E-state index in [2.05, 4.69) is 10.3 Å². The van der Waals surface area contributed by atoms with Crippen LogP contribution in [-0.2, 0) is 11.2 Å². The van der Waals surface area contributed by atoms with E-state index in [1.807, 2.05) is 12.1 Å². The normalized spacial score (nSPS) is 10.0. The zero-order valence-electron chi connectivity index (χ0n) is 11.1. The van der Waals surface area contributed by atoms with Crippen molar-refractivity contribution in [2.45, 2.75) is 12.8 Å². The number of hydrogen-bond acceptors (Lipinski definition) is 4. The zero-order valence-corrected chi connectivity index (χ0v) is 11.1.